The van der Waals surface area contributed by atoms with E-state index in [1.807, 2.05) is 12.6 Å². The quantitative estimate of drug-likeness (QED) is 0.300. The number of anilines is 2. The number of rotatable bonds is 6. The summed E-state index contributed by atoms with van der Waals surface area (Å²) in [6.45, 7) is 5.11. The van der Waals surface area contributed by atoms with E-state index in [0.29, 0.717) is 26.6 Å². The highest BCUT2D eigenvalue weighted by atomic mass is 35.5. The van der Waals surface area contributed by atoms with Crippen molar-refractivity contribution in [1.82, 2.24) is 29.8 Å². The molecule has 1 fully saturated rings. The molecule has 210 valence electrons. The van der Waals surface area contributed by atoms with E-state index in [4.69, 9.17) is 17.3 Å². The fraction of sp³-hybridized carbons (Fsp3) is 0.444. The van der Waals surface area contributed by atoms with Crippen molar-refractivity contribution in [1.29, 1.82) is 0 Å². The molecule has 13 heteroatoms. The van der Waals surface area contributed by atoms with Gasteiger partial charge in [0.1, 0.15) is 10.8 Å². The van der Waals surface area contributed by atoms with E-state index in [-0.39, 0.29) is 28.6 Å². The second-order valence-electron chi connectivity index (χ2n) is 11.2. The Hall–Kier alpha value is -2.77. The average Bonchev–Trinajstić information content (AvgIpc) is 3.46. The molecule has 1 aliphatic carbocycles. The molecule has 6 rings (SSSR count). The van der Waals surface area contributed by atoms with Crippen molar-refractivity contribution in [2.45, 2.75) is 61.2 Å². The molecule has 1 spiro atoms. The maximum absolute atomic E-state index is 13.2. The van der Waals surface area contributed by atoms with E-state index < -0.39 is 5.60 Å². The Kier molecular flexibility index (Phi) is 7.02. The lowest BCUT2D eigenvalue weighted by molar-refractivity contribution is 0.0603. The molecule has 4 aromatic rings. The molecule has 1 aliphatic heterocycles. The number of aromatic nitrogens is 5. The largest absolute Gasteiger partial charge is 0.389 e. The van der Waals surface area contributed by atoms with Crippen LogP contribution in [0.25, 0.3) is 10.9 Å². The number of nitrogens with zero attached hydrogens (tertiary/aromatic N) is 6. The third-order valence-electron chi connectivity index (χ3n) is 7.85. The minimum Gasteiger partial charge on any atom is -0.389 e. The molecular weight excluding hydrogens is 568 g/mol. The summed E-state index contributed by atoms with van der Waals surface area (Å²) >= 11 is 9.73. The molecule has 0 bridgehead atoms. The fourth-order valence-electron chi connectivity index (χ4n) is 5.96. The number of nitrogens with two attached hydrogens (primary N) is 1. The number of fused-ring (bicyclic) bond motifs is 2. The Morgan fingerprint density at radius 1 is 1.27 bits per heavy atom. The summed E-state index contributed by atoms with van der Waals surface area (Å²) in [5, 5.41) is 14.8. The first kappa shape index (κ1) is 27.4. The predicted molar refractivity (Wildman–Crippen MR) is 159 cm³/mol. The van der Waals surface area contributed by atoms with E-state index in [9.17, 15) is 9.90 Å². The third kappa shape index (κ3) is 4.85. The van der Waals surface area contributed by atoms with Crippen molar-refractivity contribution < 1.29 is 5.11 Å². The zero-order valence-corrected chi connectivity index (χ0v) is 24.9. The number of nitrogens with one attached hydrogen (secondary N) is 1. The number of nitrogen functional groups attached to an aromatic ring is 1. The summed E-state index contributed by atoms with van der Waals surface area (Å²) in [7, 11) is 2.03. The lowest BCUT2D eigenvalue weighted by Gasteiger charge is -2.43. The van der Waals surface area contributed by atoms with Gasteiger partial charge in [0.25, 0.3) is 5.56 Å². The van der Waals surface area contributed by atoms with Gasteiger partial charge in [-0.1, -0.05) is 23.4 Å². The maximum atomic E-state index is 13.2. The predicted octanol–water partition coefficient (Wildman–Crippen LogP) is 3.90. The van der Waals surface area contributed by atoms with Crippen LogP contribution in [0, 0.1) is 5.41 Å². The van der Waals surface area contributed by atoms with Gasteiger partial charge >= 0.3 is 0 Å². The summed E-state index contributed by atoms with van der Waals surface area (Å²) < 4.78 is 1.37. The van der Waals surface area contributed by atoms with E-state index in [1.165, 1.54) is 33.2 Å². The Labute approximate surface area is 245 Å². The Morgan fingerprint density at radius 2 is 2.05 bits per heavy atom. The standard InChI is InChI=1S/C27H31ClN8O2S2/c1-26(2,38)12-36-13-32-15-4-5-16(20(28)19(15)25(36)37)40-24-23(29)34-18(11-31-24)35-8-6-27(7-9-35)10-17-21(22(27)30-3)33-14-39-17/h4-5,11,13-14,22,30,38H,6-10,12H2,1-3H3,(H2,29,34)/t22-/m1/s1. The molecule has 4 heterocycles. The number of aliphatic hydroxyl groups is 1. The number of halogens is 1. The van der Waals surface area contributed by atoms with Crippen molar-refractivity contribution >= 4 is 57.2 Å². The van der Waals surface area contributed by atoms with Gasteiger partial charge < -0.3 is 21.1 Å². The van der Waals surface area contributed by atoms with E-state index >= 15 is 0 Å². The lowest BCUT2D eigenvalue weighted by Crippen LogP contribution is -2.45. The number of benzene rings is 1. The molecule has 0 unspecified atom stereocenters. The zero-order chi connectivity index (χ0) is 28.2. The van der Waals surface area contributed by atoms with Crippen LogP contribution >= 0.6 is 34.7 Å². The van der Waals surface area contributed by atoms with E-state index in [2.05, 4.69) is 30.2 Å². The van der Waals surface area contributed by atoms with Crippen LogP contribution < -0.4 is 21.5 Å². The van der Waals surface area contributed by atoms with Gasteiger partial charge in [0.2, 0.25) is 0 Å². The highest BCUT2D eigenvalue weighted by molar-refractivity contribution is 7.99. The monoisotopic (exact) mass is 598 g/mol. The Bertz CT molecular complexity index is 1640. The molecule has 1 aromatic carbocycles. The van der Waals surface area contributed by atoms with Crippen LogP contribution in [-0.4, -0.2) is 55.3 Å². The molecular formula is C27H31ClN8O2S2. The first-order valence-corrected chi connectivity index (χ1v) is 15.2. The molecule has 0 radical (unpaired) electrons. The second kappa shape index (κ2) is 10.3. The molecule has 3 aromatic heterocycles. The minimum atomic E-state index is -1.07. The highest BCUT2D eigenvalue weighted by Crippen LogP contribution is 2.52. The molecule has 4 N–H and O–H groups in total. The molecule has 1 atom stereocenters. The SMILES string of the molecule is CN[C@@H]1c2ncsc2CC12CCN(c1cnc(Sc3ccc4ncn(CC(C)(C)O)c(=O)c4c3Cl)c(N)n1)CC2. The lowest BCUT2D eigenvalue weighted by atomic mass is 9.73. The summed E-state index contributed by atoms with van der Waals surface area (Å²) in [4.78, 5) is 35.7. The van der Waals surface area contributed by atoms with Gasteiger partial charge in [0, 0.05) is 22.9 Å². The topological polar surface area (TPSA) is 135 Å². The Morgan fingerprint density at radius 3 is 2.75 bits per heavy atom. The van der Waals surface area contributed by atoms with Gasteiger partial charge in [0.05, 0.1) is 57.8 Å². The van der Waals surface area contributed by atoms with Crippen LogP contribution in [0.15, 0.2) is 44.9 Å². The summed E-state index contributed by atoms with van der Waals surface area (Å²) in [5.41, 5.74) is 8.82. The number of piperidine rings is 1. The van der Waals surface area contributed by atoms with Crippen LogP contribution in [0.5, 0.6) is 0 Å². The van der Waals surface area contributed by atoms with Crippen molar-refractivity contribution in [3.05, 3.63) is 56.1 Å². The number of hydrogen-bond donors (Lipinski definition) is 3. The Balaban J connectivity index is 1.20. The van der Waals surface area contributed by atoms with Gasteiger partial charge in [-0.25, -0.2) is 19.9 Å². The zero-order valence-electron chi connectivity index (χ0n) is 22.5. The molecule has 0 amide bonds. The van der Waals surface area contributed by atoms with Crippen LogP contribution in [0.2, 0.25) is 5.02 Å². The fourth-order valence-corrected chi connectivity index (χ4v) is 8.06. The summed E-state index contributed by atoms with van der Waals surface area (Å²) in [6.07, 6.45) is 6.32. The highest BCUT2D eigenvalue weighted by Gasteiger charge is 2.48. The minimum absolute atomic E-state index is 0.0985. The molecule has 1 saturated heterocycles. The third-order valence-corrected chi connectivity index (χ3v) is 10.3. The summed E-state index contributed by atoms with van der Waals surface area (Å²) in [6, 6.07) is 3.83. The normalized spacial score (nSPS) is 18.5. The number of hydrogen-bond acceptors (Lipinski definition) is 11. The van der Waals surface area contributed by atoms with Crippen LogP contribution in [0.1, 0.15) is 43.3 Å². The van der Waals surface area contributed by atoms with Gasteiger partial charge in [-0.05, 0) is 57.7 Å². The van der Waals surface area contributed by atoms with Gasteiger partial charge in [0.15, 0.2) is 5.82 Å². The van der Waals surface area contributed by atoms with E-state index in [0.717, 1.165) is 38.2 Å². The maximum Gasteiger partial charge on any atom is 0.262 e. The number of thiazole rings is 1. The van der Waals surface area contributed by atoms with Crippen molar-refractivity contribution in [2.24, 2.45) is 5.41 Å². The van der Waals surface area contributed by atoms with Crippen molar-refractivity contribution in [3.8, 4) is 0 Å². The average molecular weight is 599 g/mol. The van der Waals surface area contributed by atoms with Gasteiger partial charge in [-0.2, -0.15) is 0 Å². The summed E-state index contributed by atoms with van der Waals surface area (Å²) in [5.74, 6) is 1.07. The molecule has 10 nitrogen and oxygen atoms in total. The molecule has 0 saturated carbocycles. The van der Waals surface area contributed by atoms with Gasteiger partial charge in [-0.3, -0.25) is 9.36 Å². The van der Waals surface area contributed by atoms with E-state index in [1.54, 1.807) is 43.5 Å². The van der Waals surface area contributed by atoms with Crippen molar-refractivity contribution in [2.75, 3.05) is 30.8 Å². The first-order valence-electron chi connectivity index (χ1n) is 13.1. The molecule has 40 heavy (non-hydrogen) atoms. The van der Waals surface area contributed by atoms with Crippen molar-refractivity contribution in [3.63, 3.8) is 0 Å². The molecule has 2 aliphatic rings. The van der Waals surface area contributed by atoms with Crippen LogP contribution in [-0.2, 0) is 13.0 Å². The smallest absolute Gasteiger partial charge is 0.262 e. The van der Waals surface area contributed by atoms with Crippen LogP contribution in [0.4, 0.5) is 11.6 Å². The second-order valence-corrected chi connectivity index (χ2v) is 13.5. The first-order chi connectivity index (χ1) is 19.1. The van der Waals surface area contributed by atoms with Crippen LogP contribution in [0.3, 0.4) is 0 Å². The van der Waals surface area contributed by atoms with Gasteiger partial charge in [-0.15, -0.1) is 11.3 Å².